The van der Waals surface area contributed by atoms with Crippen LogP contribution in [0.4, 0.5) is 13.2 Å². The van der Waals surface area contributed by atoms with Crippen LogP contribution < -0.4 is 0 Å². The molecular formula is C6H8F3. The lowest BCUT2D eigenvalue weighted by Gasteiger charge is -1.98. The zero-order valence-corrected chi connectivity index (χ0v) is 4.91. The summed E-state index contributed by atoms with van der Waals surface area (Å²) in [6.07, 6.45) is -2.02. The molecule has 53 valence electrons. The Hall–Kier alpha value is -0.470. The van der Waals surface area contributed by atoms with Gasteiger partial charge in [-0.3, -0.25) is 0 Å². The summed E-state index contributed by atoms with van der Waals surface area (Å²) in [7, 11) is 0. The summed E-state index contributed by atoms with van der Waals surface area (Å²) in [6, 6.07) is 0. The molecule has 0 aliphatic heterocycles. The maximum absolute atomic E-state index is 11.3. The fraction of sp³-hybridized carbons (Fsp3) is 0.500. The maximum atomic E-state index is 11.3. The number of hydrogen-bond donors (Lipinski definition) is 0. The lowest BCUT2D eigenvalue weighted by Crippen LogP contribution is -2.03. The smallest absolute Gasteiger partial charge is 0.171 e. The molecule has 0 bridgehead atoms. The third kappa shape index (κ3) is 7.53. The van der Waals surface area contributed by atoms with Gasteiger partial charge in [0.1, 0.15) is 0 Å². The van der Waals surface area contributed by atoms with Crippen molar-refractivity contribution in [3.8, 4) is 0 Å². The highest BCUT2D eigenvalue weighted by Crippen LogP contribution is 2.19. The summed E-state index contributed by atoms with van der Waals surface area (Å²) >= 11 is 0. The van der Waals surface area contributed by atoms with Gasteiger partial charge in [-0.05, 0) is 13.3 Å². The quantitative estimate of drug-likeness (QED) is 0.513. The highest BCUT2D eigenvalue weighted by molar-refractivity contribution is 4.84. The van der Waals surface area contributed by atoms with Crippen LogP contribution in [0.5, 0.6) is 0 Å². The molecule has 0 atom stereocenters. The molecule has 0 saturated heterocycles. The molecule has 1 radical (unpaired) electrons. The van der Waals surface area contributed by atoms with Gasteiger partial charge < -0.3 is 0 Å². The van der Waals surface area contributed by atoms with Crippen molar-refractivity contribution in [2.24, 2.45) is 0 Å². The zero-order valence-electron chi connectivity index (χ0n) is 4.91. The van der Waals surface area contributed by atoms with Gasteiger partial charge in [0.05, 0.1) is 6.42 Å². The Bertz CT molecular complexity index is 91.0. The summed E-state index contributed by atoms with van der Waals surface area (Å²) in [5.74, 6) is 0. The van der Waals surface area contributed by atoms with Gasteiger partial charge in [-0.2, -0.15) is 13.2 Å². The van der Waals surface area contributed by atoms with E-state index in [1.54, 1.807) is 0 Å². The average molecular weight is 137 g/mol. The molecule has 0 saturated carbocycles. The normalized spacial score (nSPS) is 12.9. The molecule has 3 heteroatoms. The van der Waals surface area contributed by atoms with Crippen molar-refractivity contribution >= 4 is 0 Å². The second-order valence-electron chi connectivity index (χ2n) is 1.58. The molecule has 0 heterocycles. The van der Waals surface area contributed by atoms with Crippen molar-refractivity contribution in [2.45, 2.75) is 19.0 Å². The standard InChI is InChI=1S/C6H8F3/c1-2-3-4-5-6(7,8)9/h3-4H,1-2,5H2/b4-3+. The first-order valence-electron chi connectivity index (χ1n) is 2.57. The van der Waals surface area contributed by atoms with Crippen LogP contribution in [0.3, 0.4) is 0 Å². The van der Waals surface area contributed by atoms with E-state index in [1.807, 2.05) is 0 Å². The van der Waals surface area contributed by atoms with Crippen LogP contribution in [0, 0.1) is 6.92 Å². The first-order valence-corrected chi connectivity index (χ1v) is 2.57. The van der Waals surface area contributed by atoms with Crippen molar-refractivity contribution in [3.05, 3.63) is 19.1 Å². The van der Waals surface area contributed by atoms with Crippen LogP contribution in [0.25, 0.3) is 0 Å². The molecule has 0 nitrogen and oxygen atoms in total. The molecule has 0 aromatic rings. The molecule has 9 heavy (non-hydrogen) atoms. The largest absolute Gasteiger partial charge is 0.392 e. The number of hydrogen-bond acceptors (Lipinski definition) is 0. The van der Waals surface area contributed by atoms with E-state index in [0.29, 0.717) is 6.42 Å². The van der Waals surface area contributed by atoms with Gasteiger partial charge in [0.2, 0.25) is 0 Å². The van der Waals surface area contributed by atoms with E-state index in [2.05, 4.69) is 6.92 Å². The molecular weight excluding hydrogens is 129 g/mol. The molecule has 0 fully saturated rings. The molecule has 0 spiro atoms. The van der Waals surface area contributed by atoms with Crippen molar-refractivity contribution < 1.29 is 13.2 Å². The zero-order chi connectivity index (χ0) is 7.33. The van der Waals surface area contributed by atoms with Gasteiger partial charge in [-0.1, -0.05) is 12.2 Å². The van der Waals surface area contributed by atoms with Crippen LogP contribution in [-0.2, 0) is 0 Å². The van der Waals surface area contributed by atoms with E-state index >= 15 is 0 Å². The van der Waals surface area contributed by atoms with Gasteiger partial charge >= 0.3 is 6.18 Å². The van der Waals surface area contributed by atoms with Gasteiger partial charge in [-0.15, -0.1) is 0 Å². The summed E-state index contributed by atoms with van der Waals surface area (Å²) in [4.78, 5) is 0. The second kappa shape index (κ2) is 3.54. The molecule has 0 rings (SSSR count). The van der Waals surface area contributed by atoms with Crippen LogP contribution >= 0.6 is 0 Å². The summed E-state index contributed by atoms with van der Waals surface area (Å²) in [5.41, 5.74) is 0. The Balaban J connectivity index is 3.38. The van der Waals surface area contributed by atoms with Crippen LogP contribution in [0.2, 0.25) is 0 Å². The Morgan fingerprint density at radius 2 is 1.78 bits per heavy atom. The minimum absolute atomic E-state index is 0.413. The SMILES string of the molecule is [CH2]C/C=C/CC(F)(F)F. The maximum Gasteiger partial charge on any atom is 0.392 e. The van der Waals surface area contributed by atoms with Gasteiger partial charge in [0.25, 0.3) is 0 Å². The van der Waals surface area contributed by atoms with Gasteiger partial charge in [0, 0.05) is 0 Å². The van der Waals surface area contributed by atoms with Crippen molar-refractivity contribution in [2.75, 3.05) is 0 Å². The summed E-state index contributed by atoms with van der Waals surface area (Å²) in [5, 5.41) is 0. The Labute approximate surface area is 52.4 Å². The van der Waals surface area contributed by atoms with E-state index in [0.717, 1.165) is 6.08 Å². The first-order chi connectivity index (χ1) is 4.06. The lowest BCUT2D eigenvalue weighted by atomic mass is 10.3. The molecule has 0 aliphatic rings. The number of alkyl halides is 3. The summed E-state index contributed by atoms with van der Waals surface area (Å²) < 4.78 is 33.9. The topological polar surface area (TPSA) is 0 Å². The third-order valence-electron chi connectivity index (χ3n) is 0.683. The molecule has 0 amide bonds. The Morgan fingerprint density at radius 1 is 1.22 bits per heavy atom. The molecule has 0 aromatic carbocycles. The van der Waals surface area contributed by atoms with Crippen LogP contribution in [-0.4, -0.2) is 6.18 Å². The molecule has 0 unspecified atom stereocenters. The van der Waals surface area contributed by atoms with E-state index in [9.17, 15) is 13.2 Å². The van der Waals surface area contributed by atoms with E-state index in [-0.39, 0.29) is 0 Å². The van der Waals surface area contributed by atoms with Crippen molar-refractivity contribution in [1.82, 2.24) is 0 Å². The van der Waals surface area contributed by atoms with E-state index < -0.39 is 12.6 Å². The molecule has 0 aliphatic carbocycles. The van der Waals surface area contributed by atoms with Crippen molar-refractivity contribution in [1.29, 1.82) is 0 Å². The molecule has 0 aromatic heterocycles. The van der Waals surface area contributed by atoms with Crippen LogP contribution in [0.1, 0.15) is 12.8 Å². The predicted octanol–water partition coefficient (Wildman–Crippen LogP) is 2.72. The Morgan fingerprint density at radius 3 is 2.11 bits per heavy atom. The fourth-order valence-corrected chi connectivity index (χ4v) is 0.335. The van der Waals surface area contributed by atoms with Crippen LogP contribution in [0.15, 0.2) is 12.2 Å². The first kappa shape index (κ1) is 8.53. The minimum atomic E-state index is -4.06. The highest BCUT2D eigenvalue weighted by Gasteiger charge is 2.24. The van der Waals surface area contributed by atoms with Gasteiger partial charge in [0.15, 0.2) is 0 Å². The van der Waals surface area contributed by atoms with E-state index in [1.165, 1.54) is 6.08 Å². The van der Waals surface area contributed by atoms with Crippen molar-refractivity contribution in [3.63, 3.8) is 0 Å². The summed E-state index contributed by atoms with van der Waals surface area (Å²) in [6.45, 7) is 3.35. The fourth-order valence-electron chi connectivity index (χ4n) is 0.335. The Kier molecular flexibility index (Phi) is 3.35. The van der Waals surface area contributed by atoms with Gasteiger partial charge in [-0.25, -0.2) is 0 Å². The predicted molar refractivity (Wildman–Crippen MR) is 29.8 cm³/mol. The highest BCUT2D eigenvalue weighted by atomic mass is 19.4. The minimum Gasteiger partial charge on any atom is -0.171 e. The third-order valence-corrected chi connectivity index (χ3v) is 0.683. The lowest BCUT2D eigenvalue weighted by molar-refractivity contribution is -0.125. The number of rotatable bonds is 2. The average Bonchev–Trinajstić information content (AvgIpc) is 1.63. The number of allylic oxidation sites excluding steroid dienone is 2. The molecule has 0 N–H and O–H groups in total. The number of halogens is 3. The second-order valence-corrected chi connectivity index (χ2v) is 1.58. The monoisotopic (exact) mass is 137 g/mol. The van der Waals surface area contributed by atoms with E-state index in [4.69, 9.17) is 0 Å².